The Kier molecular flexibility index (Phi) is 3.49. The van der Waals surface area contributed by atoms with E-state index in [1.165, 1.54) is 5.56 Å². The van der Waals surface area contributed by atoms with Crippen LogP contribution in [0.1, 0.15) is 23.4 Å². The molecule has 0 saturated carbocycles. The lowest BCUT2D eigenvalue weighted by Crippen LogP contribution is -2.18. The van der Waals surface area contributed by atoms with Gasteiger partial charge in [0.15, 0.2) is 0 Å². The molecule has 2 aromatic carbocycles. The monoisotopic (exact) mass is 255 g/mol. The van der Waals surface area contributed by atoms with Crippen molar-refractivity contribution in [1.82, 2.24) is 5.32 Å². The fraction of sp³-hybridized carbons (Fsp3) is 0.250. The van der Waals surface area contributed by atoms with Gasteiger partial charge in [0.1, 0.15) is 12.0 Å². The zero-order valence-corrected chi connectivity index (χ0v) is 10.9. The SMILES string of the molecule is COc1ccc([C@H]2N[C@H](c3ccccc3)CO2)cc1. The lowest BCUT2D eigenvalue weighted by molar-refractivity contribution is 0.101. The van der Waals surface area contributed by atoms with Gasteiger partial charge in [-0.3, -0.25) is 5.32 Å². The number of methoxy groups -OCH3 is 1. The van der Waals surface area contributed by atoms with Crippen molar-refractivity contribution in [2.24, 2.45) is 0 Å². The van der Waals surface area contributed by atoms with E-state index in [1.54, 1.807) is 7.11 Å². The molecular weight excluding hydrogens is 238 g/mol. The van der Waals surface area contributed by atoms with Crippen LogP contribution in [0.4, 0.5) is 0 Å². The van der Waals surface area contributed by atoms with E-state index in [0.717, 1.165) is 11.3 Å². The molecule has 0 unspecified atom stereocenters. The number of ether oxygens (including phenoxy) is 2. The maximum absolute atomic E-state index is 5.83. The minimum Gasteiger partial charge on any atom is -0.497 e. The van der Waals surface area contributed by atoms with Crippen LogP contribution in [0.2, 0.25) is 0 Å². The van der Waals surface area contributed by atoms with Crippen LogP contribution in [0.15, 0.2) is 54.6 Å². The Bertz CT molecular complexity index is 524. The third-order valence-electron chi connectivity index (χ3n) is 3.40. The Morgan fingerprint density at radius 2 is 1.74 bits per heavy atom. The summed E-state index contributed by atoms with van der Waals surface area (Å²) >= 11 is 0. The fourth-order valence-corrected chi connectivity index (χ4v) is 2.32. The van der Waals surface area contributed by atoms with Crippen LogP contribution in [0.25, 0.3) is 0 Å². The summed E-state index contributed by atoms with van der Waals surface area (Å²) in [6.07, 6.45) is -0.0453. The molecule has 3 heteroatoms. The van der Waals surface area contributed by atoms with Gasteiger partial charge >= 0.3 is 0 Å². The van der Waals surface area contributed by atoms with Gasteiger partial charge in [0.25, 0.3) is 0 Å². The molecule has 0 amide bonds. The summed E-state index contributed by atoms with van der Waals surface area (Å²) in [7, 11) is 1.67. The maximum atomic E-state index is 5.83. The van der Waals surface area contributed by atoms with Crippen molar-refractivity contribution in [2.45, 2.75) is 12.3 Å². The molecule has 98 valence electrons. The molecule has 0 bridgehead atoms. The molecule has 1 aliphatic rings. The average molecular weight is 255 g/mol. The van der Waals surface area contributed by atoms with Crippen molar-refractivity contribution >= 4 is 0 Å². The van der Waals surface area contributed by atoms with Crippen molar-refractivity contribution in [1.29, 1.82) is 0 Å². The molecule has 3 nitrogen and oxygen atoms in total. The molecule has 19 heavy (non-hydrogen) atoms. The number of hydrogen-bond acceptors (Lipinski definition) is 3. The second-order valence-corrected chi connectivity index (χ2v) is 4.62. The van der Waals surface area contributed by atoms with Crippen LogP contribution in [-0.2, 0) is 4.74 Å². The van der Waals surface area contributed by atoms with Gasteiger partial charge in [0.2, 0.25) is 0 Å². The zero-order chi connectivity index (χ0) is 13.1. The molecule has 2 aromatic rings. The van der Waals surface area contributed by atoms with Gasteiger partial charge in [0.05, 0.1) is 19.8 Å². The van der Waals surface area contributed by atoms with E-state index in [4.69, 9.17) is 9.47 Å². The topological polar surface area (TPSA) is 30.5 Å². The minimum atomic E-state index is -0.0453. The van der Waals surface area contributed by atoms with Crippen molar-refractivity contribution in [3.63, 3.8) is 0 Å². The van der Waals surface area contributed by atoms with Gasteiger partial charge in [0, 0.05) is 0 Å². The molecule has 0 aromatic heterocycles. The Morgan fingerprint density at radius 3 is 2.42 bits per heavy atom. The van der Waals surface area contributed by atoms with Crippen LogP contribution in [0.3, 0.4) is 0 Å². The highest BCUT2D eigenvalue weighted by Crippen LogP contribution is 2.29. The van der Waals surface area contributed by atoms with Crippen LogP contribution in [0, 0.1) is 0 Å². The number of rotatable bonds is 3. The zero-order valence-electron chi connectivity index (χ0n) is 10.9. The van der Waals surface area contributed by atoms with Crippen LogP contribution in [0.5, 0.6) is 5.75 Å². The normalized spacial score (nSPS) is 22.4. The van der Waals surface area contributed by atoms with Crippen molar-refractivity contribution in [3.05, 3.63) is 65.7 Å². The quantitative estimate of drug-likeness (QED) is 0.914. The number of nitrogens with one attached hydrogen (secondary N) is 1. The van der Waals surface area contributed by atoms with Crippen molar-refractivity contribution in [3.8, 4) is 5.75 Å². The Balaban J connectivity index is 1.71. The summed E-state index contributed by atoms with van der Waals surface area (Å²) in [4.78, 5) is 0. The first-order valence-electron chi connectivity index (χ1n) is 6.43. The average Bonchev–Trinajstić information content (AvgIpc) is 2.98. The highest BCUT2D eigenvalue weighted by atomic mass is 16.5. The molecule has 1 heterocycles. The van der Waals surface area contributed by atoms with Gasteiger partial charge in [-0.15, -0.1) is 0 Å². The number of benzene rings is 2. The molecule has 3 rings (SSSR count). The third kappa shape index (κ3) is 2.62. The summed E-state index contributed by atoms with van der Waals surface area (Å²) in [5.74, 6) is 0.862. The standard InChI is InChI=1S/C16H17NO2/c1-18-14-9-7-13(8-10-14)16-17-15(11-19-16)12-5-3-2-4-6-12/h2-10,15-17H,11H2,1H3/t15-,16-/m0/s1. The molecule has 1 aliphatic heterocycles. The van der Waals surface area contributed by atoms with Gasteiger partial charge in [-0.1, -0.05) is 42.5 Å². The van der Waals surface area contributed by atoms with E-state index in [1.807, 2.05) is 30.3 Å². The Hall–Kier alpha value is -1.84. The van der Waals surface area contributed by atoms with E-state index < -0.39 is 0 Å². The predicted octanol–water partition coefficient (Wildman–Crippen LogP) is 3.05. The third-order valence-corrected chi connectivity index (χ3v) is 3.40. The summed E-state index contributed by atoms with van der Waals surface area (Å²) in [6.45, 7) is 0.695. The molecule has 1 N–H and O–H groups in total. The molecule has 0 radical (unpaired) electrons. The molecular formula is C16H17NO2. The summed E-state index contributed by atoms with van der Waals surface area (Å²) < 4.78 is 11.0. The van der Waals surface area contributed by atoms with E-state index in [-0.39, 0.29) is 12.3 Å². The first-order chi connectivity index (χ1) is 9.36. The Morgan fingerprint density at radius 1 is 1.00 bits per heavy atom. The summed E-state index contributed by atoms with van der Waals surface area (Å²) in [5, 5.41) is 3.50. The first kappa shape index (κ1) is 12.2. The summed E-state index contributed by atoms with van der Waals surface area (Å²) in [6, 6.07) is 18.6. The van der Waals surface area contributed by atoms with Crippen LogP contribution < -0.4 is 10.1 Å². The lowest BCUT2D eigenvalue weighted by Gasteiger charge is -2.13. The highest BCUT2D eigenvalue weighted by molar-refractivity contribution is 5.29. The molecule has 2 atom stereocenters. The second kappa shape index (κ2) is 5.43. The van der Waals surface area contributed by atoms with E-state index in [0.29, 0.717) is 6.61 Å². The van der Waals surface area contributed by atoms with E-state index >= 15 is 0 Å². The van der Waals surface area contributed by atoms with Crippen molar-refractivity contribution < 1.29 is 9.47 Å². The van der Waals surface area contributed by atoms with Gasteiger partial charge in [-0.25, -0.2) is 0 Å². The molecule has 0 spiro atoms. The lowest BCUT2D eigenvalue weighted by atomic mass is 10.1. The molecule has 1 saturated heterocycles. The highest BCUT2D eigenvalue weighted by Gasteiger charge is 2.26. The maximum Gasteiger partial charge on any atom is 0.134 e. The minimum absolute atomic E-state index is 0.0453. The van der Waals surface area contributed by atoms with Gasteiger partial charge < -0.3 is 9.47 Å². The largest absolute Gasteiger partial charge is 0.497 e. The predicted molar refractivity (Wildman–Crippen MR) is 74.0 cm³/mol. The fourth-order valence-electron chi connectivity index (χ4n) is 2.32. The summed E-state index contributed by atoms with van der Waals surface area (Å²) in [5.41, 5.74) is 2.39. The van der Waals surface area contributed by atoms with Gasteiger partial charge in [-0.2, -0.15) is 0 Å². The smallest absolute Gasteiger partial charge is 0.134 e. The molecule has 1 fully saturated rings. The van der Waals surface area contributed by atoms with Crippen molar-refractivity contribution in [2.75, 3.05) is 13.7 Å². The number of hydrogen-bond donors (Lipinski definition) is 1. The second-order valence-electron chi connectivity index (χ2n) is 4.62. The van der Waals surface area contributed by atoms with Gasteiger partial charge in [-0.05, 0) is 23.3 Å². The van der Waals surface area contributed by atoms with Crippen LogP contribution in [-0.4, -0.2) is 13.7 Å². The van der Waals surface area contributed by atoms with E-state index in [9.17, 15) is 0 Å². The Labute approximate surface area is 113 Å². The first-order valence-corrected chi connectivity index (χ1v) is 6.43. The van der Waals surface area contributed by atoms with Crippen LogP contribution >= 0.6 is 0 Å². The molecule has 0 aliphatic carbocycles. The van der Waals surface area contributed by atoms with E-state index in [2.05, 4.69) is 29.6 Å².